The average Bonchev–Trinajstić information content (AvgIpc) is 2.47. The molecule has 4 heteroatoms. The second-order valence-electron chi connectivity index (χ2n) is 4.33. The van der Waals surface area contributed by atoms with Crippen LogP contribution in [0.4, 0.5) is 0 Å². The number of benzene rings is 1. The molecule has 0 unspecified atom stereocenters. The van der Waals surface area contributed by atoms with Gasteiger partial charge in [0, 0.05) is 18.7 Å². The monoisotopic (exact) mass is 271 g/mol. The van der Waals surface area contributed by atoms with E-state index in [0.29, 0.717) is 30.2 Å². The zero-order valence-corrected chi connectivity index (χ0v) is 11.6. The summed E-state index contributed by atoms with van der Waals surface area (Å²) in [6.07, 6.45) is 1.92. The highest BCUT2D eigenvalue weighted by Gasteiger charge is 2.12. The van der Waals surface area contributed by atoms with Crippen molar-refractivity contribution in [2.24, 2.45) is 0 Å². The highest BCUT2D eigenvalue weighted by molar-refractivity contribution is 5.72. The van der Waals surface area contributed by atoms with Crippen LogP contribution >= 0.6 is 0 Å². The fraction of sp³-hybridized carbons (Fsp3) is 0.250. The Morgan fingerprint density at radius 2 is 1.95 bits per heavy atom. The molecule has 0 amide bonds. The third kappa shape index (κ3) is 3.57. The molecule has 0 fully saturated rings. The number of hydrogen-bond donors (Lipinski definition) is 0. The Morgan fingerprint density at radius 3 is 2.65 bits per heavy atom. The van der Waals surface area contributed by atoms with Crippen LogP contribution in [0.25, 0.3) is 0 Å². The summed E-state index contributed by atoms with van der Waals surface area (Å²) < 4.78 is 11.0. The molecule has 4 nitrogen and oxygen atoms in total. The number of aromatic nitrogens is 1. The summed E-state index contributed by atoms with van der Waals surface area (Å²) in [6.45, 7) is 3.98. The predicted molar refractivity (Wildman–Crippen MR) is 75.7 cm³/mol. The molecule has 1 aromatic carbocycles. The molecular weight excluding hydrogens is 254 g/mol. The molecular formula is C16H17NO3. The van der Waals surface area contributed by atoms with Crippen molar-refractivity contribution in [3.05, 3.63) is 53.9 Å². The summed E-state index contributed by atoms with van der Waals surface area (Å²) in [4.78, 5) is 15.6. The van der Waals surface area contributed by atoms with Crippen molar-refractivity contribution in [2.75, 3.05) is 0 Å². The van der Waals surface area contributed by atoms with Gasteiger partial charge < -0.3 is 9.47 Å². The Bertz CT molecular complexity index is 582. The van der Waals surface area contributed by atoms with Crippen LogP contribution in [-0.4, -0.2) is 11.0 Å². The van der Waals surface area contributed by atoms with Crippen LogP contribution in [0.3, 0.4) is 0 Å². The molecule has 0 N–H and O–H groups in total. The summed E-state index contributed by atoms with van der Waals surface area (Å²) in [5, 5.41) is 0. The van der Waals surface area contributed by atoms with Crippen LogP contribution in [0, 0.1) is 6.92 Å². The summed E-state index contributed by atoms with van der Waals surface area (Å²) in [7, 11) is 0. The van der Waals surface area contributed by atoms with Gasteiger partial charge in [-0.15, -0.1) is 0 Å². The lowest BCUT2D eigenvalue weighted by atomic mass is 10.2. The van der Waals surface area contributed by atoms with Crippen molar-refractivity contribution in [3.63, 3.8) is 0 Å². The molecule has 104 valence electrons. The minimum Gasteiger partial charge on any atom is -0.483 e. The molecule has 0 aliphatic heterocycles. The third-order valence-corrected chi connectivity index (χ3v) is 2.78. The van der Waals surface area contributed by atoms with Crippen LogP contribution in [0.5, 0.6) is 11.5 Å². The Kier molecular flexibility index (Phi) is 4.71. The van der Waals surface area contributed by atoms with Gasteiger partial charge in [0.25, 0.3) is 0 Å². The lowest BCUT2D eigenvalue weighted by molar-refractivity contribution is -0.134. The Balaban J connectivity index is 2.15. The smallest absolute Gasteiger partial charge is 0.311 e. The molecule has 20 heavy (non-hydrogen) atoms. The normalized spacial score (nSPS) is 10.1. The van der Waals surface area contributed by atoms with Gasteiger partial charge >= 0.3 is 5.97 Å². The predicted octanol–water partition coefficient (Wildman–Crippen LogP) is 3.28. The highest BCUT2D eigenvalue weighted by atomic mass is 16.6. The minimum atomic E-state index is -0.292. The number of aryl methyl sites for hydroxylation is 1. The van der Waals surface area contributed by atoms with E-state index in [0.717, 1.165) is 5.56 Å². The van der Waals surface area contributed by atoms with E-state index in [-0.39, 0.29) is 5.97 Å². The zero-order valence-electron chi connectivity index (χ0n) is 11.6. The minimum absolute atomic E-state index is 0.292. The van der Waals surface area contributed by atoms with Gasteiger partial charge in [-0.05, 0) is 12.5 Å². The maximum atomic E-state index is 11.4. The van der Waals surface area contributed by atoms with Crippen LogP contribution in [0.15, 0.2) is 42.6 Å². The zero-order chi connectivity index (χ0) is 14.4. The van der Waals surface area contributed by atoms with E-state index >= 15 is 0 Å². The first-order valence-electron chi connectivity index (χ1n) is 6.53. The topological polar surface area (TPSA) is 48.4 Å². The fourth-order valence-corrected chi connectivity index (χ4v) is 1.71. The van der Waals surface area contributed by atoms with Crippen LogP contribution in [0.2, 0.25) is 0 Å². The van der Waals surface area contributed by atoms with Gasteiger partial charge in [-0.25, -0.2) is 0 Å². The first-order chi connectivity index (χ1) is 9.70. The van der Waals surface area contributed by atoms with Crippen molar-refractivity contribution in [1.29, 1.82) is 0 Å². The van der Waals surface area contributed by atoms with E-state index in [2.05, 4.69) is 4.98 Å². The summed E-state index contributed by atoms with van der Waals surface area (Å²) in [5.74, 6) is 0.638. The van der Waals surface area contributed by atoms with Gasteiger partial charge in [0.05, 0.1) is 5.69 Å². The number of rotatable bonds is 5. The van der Waals surface area contributed by atoms with Gasteiger partial charge in [0.2, 0.25) is 0 Å². The molecule has 2 rings (SSSR count). The molecule has 0 aliphatic rings. The Hall–Kier alpha value is -2.36. The SMILES string of the molecule is CCC(=O)Oc1ccnc(C)c1OCc1ccccc1. The highest BCUT2D eigenvalue weighted by Crippen LogP contribution is 2.30. The molecule has 1 aromatic heterocycles. The second kappa shape index (κ2) is 6.70. The van der Waals surface area contributed by atoms with Gasteiger partial charge in [-0.3, -0.25) is 9.78 Å². The summed E-state index contributed by atoms with van der Waals surface area (Å²) >= 11 is 0. The molecule has 0 aliphatic carbocycles. The van der Waals surface area contributed by atoms with Gasteiger partial charge in [-0.1, -0.05) is 37.3 Å². The number of nitrogens with zero attached hydrogens (tertiary/aromatic N) is 1. The molecule has 0 saturated heterocycles. The van der Waals surface area contributed by atoms with Crippen molar-refractivity contribution >= 4 is 5.97 Å². The quantitative estimate of drug-likeness (QED) is 0.783. The molecule has 2 aromatic rings. The Labute approximate surface area is 118 Å². The van der Waals surface area contributed by atoms with E-state index in [4.69, 9.17) is 9.47 Å². The lowest BCUT2D eigenvalue weighted by Gasteiger charge is -2.13. The Morgan fingerprint density at radius 1 is 1.20 bits per heavy atom. The van der Waals surface area contributed by atoms with Gasteiger partial charge in [0.1, 0.15) is 6.61 Å². The van der Waals surface area contributed by atoms with E-state index < -0.39 is 0 Å². The van der Waals surface area contributed by atoms with Crippen molar-refractivity contribution in [1.82, 2.24) is 4.98 Å². The molecule has 0 radical (unpaired) electrons. The van der Waals surface area contributed by atoms with E-state index in [1.54, 1.807) is 19.2 Å². The van der Waals surface area contributed by atoms with Crippen LogP contribution in [-0.2, 0) is 11.4 Å². The number of ether oxygens (including phenoxy) is 2. The first-order valence-corrected chi connectivity index (χ1v) is 6.53. The van der Waals surface area contributed by atoms with Crippen molar-refractivity contribution < 1.29 is 14.3 Å². The number of hydrogen-bond acceptors (Lipinski definition) is 4. The summed E-state index contributed by atoms with van der Waals surface area (Å²) in [6, 6.07) is 11.4. The third-order valence-electron chi connectivity index (χ3n) is 2.78. The van der Waals surface area contributed by atoms with Crippen LogP contribution < -0.4 is 9.47 Å². The van der Waals surface area contributed by atoms with E-state index in [9.17, 15) is 4.79 Å². The van der Waals surface area contributed by atoms with Crippen LogP contribution in [0.1, 0.15) is 24.6 Å². The van der Waals surface area contributed by atoms with Gasteiger partial charge in [0.15, 0.2) is 11.5 Å². The standard InChI is InChI=1S/C16H17NO3/c1-3-15(18)20-14-9-10-17-12(2)16(14)19-11-13-7-5-4-6-8-13/h4-10H,3,11H2,1-2H3. The fourth-order valence-electron chi connectivity index (χ4n) is 1.71. The molecule has 0 spiro atoms. The number of carbonyl (C=O) groups is 1. The first kappa shape index (κ1) is 14.1. The number of carbonyl (C=O) groups excluding carboxylic acids is 1. The van der Waals surface area contributed by atoms with E-state index in [1.165, 1.54) is 0 Å². The largest absolute Gasteiger partial charge is 0.483 e. The molecule has 0 atom stereocenters. The maximum absolute atomic E-state index is 11.4. The number of esters is 1. The van der Waals surface area contributed by atoms with Crippen molar-refractivity contribution in [2.45, 2.75) is 26.9 Å². The average molecular weight is 271 g/mol. The molecule has 0 saturated carbocycles. The van der Waals surface area contributed by atoms with E-state index in [1.807, 2.05) is 37.3 Å². The summed E-state index contributed by atoms with van der Waals surface area (Å²) in [5.41, 5.74) is 1.74. The lowest BCUT2D eigenvalue weighted by Crippen LogP contribution is -2.08. The molecule has 1 heterocycles. The van der Waals surface area contributed by atoms with Crippen molar-refractivity contribution in [3.8, 4) is 11.5 Å². The second-order valence-corrected chi connectivity index (χ2v) is 4.33. The molecule has 0 bridgehead atoms. The number of pyridine rings is 1. The maximum Gasteiger partial charge on any atom is 0.311 e. The van der Waals surface area contributed by atoms with Gasteiger partial charge in [-0.2, -0.15) is 0 Å².